The zero-order valence-electron chi connectivity index (χ0n) is 11.4. The van der Waals surface area contributed by atoms with Crippen LogP contribution in [-0.2, 0) is 0 Å². The predicted molar refractivity (Wildman–Crippen MR) is 90.5 cm³/mol. The maximum absolute atomic E-state index is 6.15. The van der Waals surface area contributed by atoms with Crippen LogP contribution in [0.15, 0.2) is 15.1 Å². The summed E-state index contributed by atoms with van der Waals surface area (Å²) in [6, 6.07) is 0.438. The number of nitrogens with one attached hydrogen (secondary N) is 1. The molecule has 9 heteroatoms. The second-order valence-corrected chi connectivity index (χ2v) is 6.68. The predicted octanol–water partition coefficient (Wildman–Crippen LogP) is 0.963. The van der Waals surface area contributed by atoms with Gasteiger partial charge in [0.15, 0.2) is 5.65 Å². The van der Waals surface area contributed by atoms with Gasteiger partial charge < -0.3 is 21.7 Å². The normalized spacial score (nSPS) is 18.8. The molecule has 0 amide bonds. The smallest absolute Gasteiger partial charge is 0.173 e. The number of anilines is 2. The van der Waals surface area contributed by atoms with Gasteiger partial charge in [0.2, 0.25) is 0 Å². The zero-order valence-corrected chi connectivity index (χ0v) is 14.6. The Labute approximate surface area is 139 Å². The van der Waals surface area contributed by atoms with Crippen LogP contribution in [-0.4, -0.2) is 46.8 Å². The van der Waals surface area contributed by atoms with E-state index in [9.17, 15) is 0 Å². The summed E-state index contributed by atoms with van der Waals surface area (Å²) in [4.78, 5) is 6.92. The maximum Gasteiger partial charge on any atom is 0.173 e. The third-order valence-electron chi connectivity index (χ3n) is 3.63. The van der Waals surface area contributed by atoms with Gasteiger partial charge in [0.05, 0.1) is 10.7 Å². The summed E-state index contributed by atoms with van der Waals surface area (Å²) in [5, 5.41) is 7.65. The minimum Gasteiger partial charge on any atom is -0.383 e. The van der Waals surface area contributed by atoms with Gasteiger partial charge in [-0.3, -0.25) is 0 Å². The topological polar surface area (TPSA) is 97.5 Å². The van der Waals surface area contributed by atoms with Crippen molar-refractivity contribution in [2.45, 2.75) is 12.5 Å². The lowest BCUT2D eigenvalue weighted by Gasteiger charge is -2.20. The van der Waals surface area contributed by atoms with E-state index in [1.807, 2.05) is 0 Å². The average molecular weight is 419 g/mol. The molecular formula is C12H17Br2N7. The molecule has 3 rings (SSSR count). The van der Waals surface area contributed by atoms with Gasteiger partial charge in [-0.1, -0.05) is 0 Å². The number of hydrogen-bond acceptors (Lipinski definition) is 6. The van der Waals surface area contributed by atoms with Gasteiger partial charge >= 0.3 is 0 Å². The van der Waals surface area contributed by atoms with E-state index in [4.69, 9.17) is 16.5 Å². The standard InChI is InChI=1S/C12H17Br2N7/c13-8-5-18-21-10(16)9(14)12(19-11(8)21)20-4-1-7(6-20)17-3-2-15/h5,7,17H,1-4,6,15-16H2/t7-/m0/s1. The van der Waals surface area contributed by atoms with Crippen molar-refractivity contribution in [3.63, 3.8) is 0 Å². The molecule has 0 bridgehead atoms. The minimum atomic E-state index is 0.438. The number of nitrogens with zero attached hydrogens (tertiary/aromatic N) is 4. The van der Waals surface area contributed by atoms with Crippen molar-refractivity contribution in [3.05, 3.63) is 15.1 Å². The van der Waals surface area contributed by atoms with E-state index in [2.05, 4.69) is 47.2 Å². The van der Waals surface area contributed by atoms with Crippen molar-refractivity contribution in [1.29, 1.82) is 0 Å². The molecule has 2 aromatic heterocycles. The van der Waals surface area contributed by atoms with Crippen LogP contribution in [0, 0.1) is 0 Å². The van der Waals surface area contributed by atoms with Crippen LogP contribution in [0.2, 0.25) is 0 Å². The molecule has 5 N–H and O–H groups in total. The van der Waals surface area contributed by atoms with Crippen LogP contribution in [0.5, 0.6) is 0 Å². The molecule has 7 nitrogen and oxygen atoms in total. The number of nitrogens with two attached hydrogens (primary N) is 2. The summed E-state index contributed by atoms with van der Waals surface area (Å²) in [6.07, 6.45) is 2.77. The highest BCUT2D eigenvalue weighted by atomic mass is 79.9. The summed E-state index contributed by atoms with van der Waals surface area (Å²) in [7, 11) is 0. The molecule has 1 saturated heterocycles. The van der Waals surface area contributed by atoms with Crippen LogP contribution in [0.3, 0.4) is 0 Å². The third kappa shape index (κ3) is 2.75. The molecule has 114 valence electrons. The molecule has 1 fully saturated rings. The highest BCUT2D eigenvalue weighted by Gasteiger charge is 2.26. The van der Waals surface area contributed by atoms with E-state index in [1.165, 1.54) is 0 Å². The lowest BCUT2D eigenvalue weighted by atomic mass is 10.2. The minimum absolute atomic E-state index is 0.438. The molecule has 1 aliphatic heterocycles. The Morgan fingerprint density at radius 3 is 3.00 bits per heavy atom. The monoisotopic (exact) mass is 417 g/mol. The maximum atomic E-state index is 6.15. The molecule has 0 aromatic carbocycles. The number of fused-ring (bicyclic) bond motifs is 1. The zero-order chi connectivity index (χ0) is 15.0. The van der Waals surface area contributed by atoms with Gasteiger partial charge in [-0.2, -0.15) is 9.61 Å². The summed E-state index contributed by atoms with van der Waals surface area (Å²) in [5.41, 5.74) is 12.4. The Morgan fingerprint density at radius 2 is 2.24 bits per heavy atom. The molecule has 2 aromatic rings. The molecule has 0 aliphatic carbocycles. The summed E-state index contributed by atoms with van der Waals surface area (Å²) >= 11 is 7.00. The number of nitrogen functional groups attached to an aromatic ring is 1. The number of rotatable bonds is 4. The van der Waals surface area contributed by atoms with E-state index < -0.39 is 0 Å². The van der Waals surface area contributed by atoms with Crippen molar-refractivity contribution < 1.29 is 0 Å². The summed E-state index contributed by atoms with van der Waals surface area (Å²) in [5.74, 6) is 1.41. The van der Waals surface area contributed by atoms with Crippen LogP contribution in [0.4, 0.5) is 11.6 Å². The van der Waals surface area contributed by atoms with E-state index >= 15 is 0 Å². The first kappa shape index (κ1) is 15.0. The Kier molecular flexibility index (Phi) is 4.34. The van der Waals surface area contributed by atoms with Crippen LogP contribution in [0.25, 0.3) is 5.65 Å². The van der Waals surface area contributed by atoms with Gasteiger partial charge in [-0.25, -0.2) is 4.98 Å². The highest BCUT2D eigenvalue weighted by Crippen LogP contribution is 2.34. The Bertz CT molecular complexity index is 657. The fourth-order valence-corrected chi connectivity index (χ4v) is 3.43. The number of aromatic nitrogens is 3. The van der Waals surface area contributed by atoms with Gasteiger partial charge in [-0.05, 0) is 38.3 Å². The SMILES string of the molecule is NCCN[C@H]1CCN(c2nc3c(Br)cnn3c(N)c2Br)C1. The average Bonchev–Trinajstić information content (AvgIpc) is 3.08. The molecular weight excluding hydrogens is 402 g/mol. The molecule has 0 unspecified atom stereocenters. The van der Waals surface area contributed by atoms with E-state index in [1.54, 1.807) is 10.7 Å². The summed E-state index contributed by atoms with van der Waals surface area (Å²) in [6.45, 7) is 3.32. The molecule has 0 saturated carbocycles. The second-order valence-electron chi connectivity index (χ2n) is 5.04. The van der Waals surface area contributed by atoms with Crippen molar-refractivity contribution in [3.8, 4) is 0 Å². The van der Waals surface area contributed by atoms with Crippen molar-refractivity contribution in [2.24, 2.45) is 5.73 Å². The van der Waals surface area contributed by atoms with Gasteiger partial charge in [0.1, 0.15) is 16.1 Å². The van der Waals surface area contributed by atoms with Gasteiger partial charge in [-0.15, -0.1) is 0 Å². The fraction of sp³-hybridized carbons (Fsp3) is 0.500. The fourth-order valence-electron chi connectivity index (χ4n) is 2.57. The van der Waals surface area contributed by atoms with Crippen molar-refractivity contribution in [1.82, 2.24) is 19.9 Å². The molecule has 3 heterocycles. The molecule has 1 aliphatic rings. The molecule has 1 atom stereocenters. The molecule has 0 spiro atoms. The van der Waals surface area contributed by atoms with Crippen LogP contribution < -0.4 is 21.7 Å². The van der Waals surface area contributed by atoms with Crippen molar-refractivity contribution in [2.75, 3.05) is 36.8 Å². The number of halogens is 2. The Hall–Kier alpha value is -0.900. The first-order chi connectivity index (χ1) is 10.1. The first-order valence-corrected chi connectivity index (χ1v) is 8.37. The lowest BCUT2D eigenvalue weighted by molar-refractivity contribution is 0.559. The van der Waals surface area contributed by atoms with E-state index in [0.717, 1.165) is 46.5 Å². The molecule has 0 radical (unpaired) electrons. The van der Waals surface area contributed by atoms with E-state index in [-0.39, 0.29) is 0 Å². The van der Waals surface area contributed by atoms with Gasteiger partial charge in [0.25, 0.3) is 0 Å². The Morgan fingerprint density at radius 1 is 1.43 bits per heavy atom. The van der Waals surface area contributed by atoms with E-state index in [0.29, 0.717) is 18.4 Å². The number of hydrogen-bond donors (Lipinski definition) is 3. The summed E-state index contributed by atoms with van der Waals surface area (Å²) < 4.78 is 3.24. The lowest BCUT2D eigenvalue weighted by Crippen LogP contribution is -2.36. The highest BCUT2D eigenvalue weighted by molar-refractivity contribution is 9.11. The Balaban J connectivity index is 1.90. The van der Waals surface area contributed by atoms with Gasteiger partial charge in [0, 0.05) is 32.2 Å². The third-order valence-corrected chi connectivity index (χ3v) is 4.95. The van der Waals surface area contributed by atoms with Crippen molar-refractivity contribution >= 4 is 49.1 Å². The van der Waals surface area contributed by atoms with Crippen LogP contribution in [0.1, 0.15) is 6.42 Å². The molecule has 21 heavy (non-hydrogen) atoms. The largest absolute Gasteiger partial charge is 0.383 e. The second kappa shape index (κ2) is 6.07. The first-order valence-electron chi connectivity index (χ1n) is 6.78. The quantitative estimate of drug-likeness (QED) is 0.684. The van der Waals surface area contributed by atoms with Crippen LogP contribution >= 0.6 is 31.9 Å².